The van der Waals surface area contributed by atoms with Crippen molar-refractivity contribution < 1.29 is 19.1 Å². The van der Waals surface area contributed by atoms with Gasteiger partial charge in [-0.05, 0) is 18.2 Å². The summed E-state index contributed by atoms with van der Waals surface area (Å²) >= 11 is 5.74. The molecule has 1 heterocycles. The fraction of sp³-hybridized carbons (Fsp3) is 0.250. The Morgan fingerprint density at radius 1 is 1.42 bits per heavy atom. The molecule has 0 spiro atoms. The second-order valence-electron chi connectivity index (χ2n) is 3.86. The van der Waals surface area contributed by atoms with Crippen molar-refractivity contribution >= 4 is 29.5 Å². The number of rotatable bonds is 3. The summed E-state index contributed by atoms with van der Waals surface area (Å²) < 4.78 is 4.84. The summed E-state index contributed by atoms with van der Waals surface area (Å²) in [5, 5.41) is 2.89. The lowest BCUT2D eigenvalue weighted by Gasteiger charge is -2.12. The summed E-state index contributed by atoms with van der Waals surface area (Å²) in [4.78, 5) is 35.5. The Morgan fingerprint density at radius 2 is 2.21 bits per heavy atom. The lowest BCUT2D eigenvalue weighted by molar-refractivity contribution is -0.130. The highest BCUT2D eigenvalue weighted by molar-refractivity contribution is 6.30. The first-order valence-corrected chi connectivity index (χ1v) is 5.96. The van der Waals surface area contributed by atoms with E-state index in [0.717, 1.165) is 4.90 Å². The number of carbonyl (C=O) groups is 3. The fourth-order valence-corrected chi connectivity index (χ4v) is 1.80. The summed E-state index contributed by atoms with van der Waals surface area (Å²) in [5.41, 5.74) is 0.256. The molecule has 100 valence electrons. The molecule has 7 heteroatoms. The van der Waals surface area contributed by atoms with E-state index in [4.69, 9.17) is 16.3 Å². The Bertz CT molecular complexity index is 532. The molecule has 2 rings (SSSR count). The number of halogens is 1. The summed E-state index contributed by atoms with van der Waals surface area (Å²) in [6.45, 7) is 0.220. The van der Waals surface area contributed by atoms with E-state index in [1.807, 2.05) is 0 Å². The zero-order valence-corrected chi connectivity index (χ0v) is 10.6. The Balaban J connectivity index is 1.90. The standard InChI is InChI=1S/C12H11ClN2O4/c13-9-3-1-2-8(6-9)11(17)19-7-10(16)15-5-4-14-12(15)18/h1-3,6H,4-5,7H2,(H,14,18). The number of imide groups is 1. The largest absolute Gasteiger partial charge is 0.452 e. The molecular weight excluding hydrogens is 272 g/mol. The zero-order valence-electron chi connectivity index (χ0n) is 9.89. The molecule has 3 amide bonds. The molecule has 0 radical (unpaired) electrons. The predicted octanol–water partition coefficient (Wildman–Crippen LogP) is 1.05. The van der Waals surface area contributed by atoms with E-state index in [0.29, 0.717) is 11.6 Å². The Hall–Kier alpha value is -2.08. The van der Waals surface area contributed by atoms with Crippen molar-refractivity contribution in [3.63, 3.8) is 0 Å². The second-order valence-corrected chi connectivity index (χ2v) is 4.30. The highest BCUT2D eigenvalue weighted by atomic mass is 35.5. The highest BCUT2D eigenvalue weighted by Gasteiger charge is 2.26. The maximum absolute atomic E-state index is 11.6. The third kappa shape index (κ3) is 3.23. The van der Waals surface area contributed by atoms with Crippen LogP contribution in [0, 0.1) is 0 Å². The van der Waals surface area contributed by atoms with Gasteiger partial charge in [-0.2, -0.15) is 0 Å². The van der Waals surface area contributed by atoms with Crippen LogP contribution < -0.4 is 5.32 Å². The molecule has 19 heavy (non-hydrogen) atoms. The van der Waals surface area contributed by atoms with Crippen LogP contribution in [0.4, 0.5) is 4.79 Å². The maximum atomic E-state index is 11.6. The monoisotopic (exact) mass is 282 g/mol. The van der Waals surface area contributed by atoms with Crippen molar-refractivity contribution in [1.82, 2.24) is 10.2 Å². The van der Waals surface area contributed by atoms with E-state index in [1.165, 1.54) is 12.1 Å². The minimum absolute atomic E-state index is 0.256. The Kier molecular flexibility index (Phi) is 4.01. The van der Waals surface area contributed by atoms with Gasteiger partial charge in [-0.25, -0.2) is 9.59 Å². The van der Waals surface area contributed by atoms with Gasteiger partial charge < -0.3 is 10.1 Å². The first-order chi connectivity index (χ1) is 9.08. The molecular formula is C12H11ClN2O4. The number of hydrogen-bond acceptors (Lipinski definition) is 4. The number of urea groups is 1. The highest BCUT2D eigenvalue weighted by Crippen LogP contribution is 2.11. The van der Waals surface area contributed by atoms with Gasteiger partial charge in [0, 0.05) is 18.1 Å². The smallest absolute Gasteiger partial charge is 0.338 e. The summed E-state index contributed by atoms with van der Waals surface area (Å²) in [6.07, 6.45) is 0. The van der Waals surface area contributed by atoms with Gasteiger partial charge in [-0.1, -0.05) is 17.7 Å². The number of benzene rings is 1. The lowest BCUT2D eigenvalue weighted by atomic mass is 10.2. The first-order valence-electron chi connectivity index (χ1n) is 5.59. The molecule has 1 aliphatic heterocycles. The Labute approximate surface area is 114 Å². The molecule has 0 saturated carbocycles. The van der Waals surface area contributed by atoms with Crippen LogP contribution in [-0.4, -0.2) is 42.5 Å². The van der Waals surface area contributed by atoms with E-state index in [1.54, 1.807) is 12.1 Å². The minimum Gasteiger partial charge on any atom is -0.452 e. The van der Waals surface area contributed by atoms with E-state index in [2.05, 4.69) is 5.32 Å². The average molecular weight is 283 g/mol. The lowest BCUT2D eigenvalue weighted by Crippen LogP contribution is -2.37. The number of nitrogens with zero attached hydrogens (tertiary/aromatic N) is 1. The van der Waals surface area contributed by atoms with Crippen molar-refractivity contribution in [2.45, 2.75) is 0 Å². The predicted molar refractivity (Wildman–Crippen MR) is 66.8 cm³/mol. The van der Waals surface area contributed by atoms with Crippen LogP contribution in [0.2, 0.25) is 5.02 Å². The van der Waals surface area contributed by atoms with Crippen LogP contribution in [0.3, 0.4) is 0 Å². The number of nitrogens with one attached hydrogen (secondary N) is 1. The van der Waals surface area contributed by atoms with Gasteiger partial charge in [0.25, 0.3) is 5.91 Å². The van der Waals surface area contributed by atoms with Gasteiger partial charge in [0.05, 0.1) is 5.56 Å². The van der Waals surface area contributed by atoms with Crippen molar-refractivity contribution in [2.24, 2.45) is 0 Å². The van der Waals surface area contributed by atoms with Crippen molar-refractivity contribution in [2.75, 3.05) is 19.7 Å². The summed E-state index contributed by atoms with van der Waals surface area (Å²) in [7, 11) is 0. The van der Waals surface area contributed by atoms with Crippen LogP contribution >= 0.6 is 11.6 Å². The molecule has 1 N–H and O–H groups in total. The summed E-state index contributed by atoms with van der Waals surface area (Å²) in [5.74, 6) is -1.21. The number of amides is 3. The molecule has 1 aromatic carbocycles. The average Bonchev–Trinajstić information content (AvgIpc) is 2.82. The van der Waals surface area contributed by atoms with Gasteiger partial charge in [0.1, 0.15) is 0 Å². The fourth-order valence-electron chi connectivity index (χ4n) is 1.61. The number of hydrogen-bond donors (Lipinski definition) is 1. The molecule has 1 fully saturated rings. The first kappa shape index (κ1) is 13.4. The van der Waals surface area contributed by atoms with Crippen molar-refractivity contribution in [1.29, 1.82) is 0 Å². The van der Waals surface area contributed by atoms with Crippen LogP contribution in [0.5, 0.6) is 0 Å². The van der Waals surface area contributed by atoms with Crippen LogP contribution in [0.25, 0.3) is 0 Å². The maximum Gasteiger partial charge on any atom is 0.338 e. The van der Waals surface area contributed by atoms with E-state index in [9.17, 15) is 14.4 Å². The SMILES string of the molecule is O=C(OCC(=O)N1CCNC1=O)c1cccc(Cl)c1. The van der Waals surface area contributed by atoms with Crippen LogP contribution in [-0.2, 0) is 9.53 Å². The van der Waals surface area contributed by atoms with E-state index < -0.39 is 24.5 Å². The molecule has 6 nitrogen and oxygen atoms in total. The van der Waals surface area contributed by atoms with Gasteiger partial charge in [-0.15, -0.1) is 0 Å². The molecule has 1 aromatic rings. The second kappa shape index (κ2) is 5.71. The molecule has 0 aliphatic carbocycles. The van der Waals surface area contributed by atoms with Gasteiger partial charge in [0.15, 0.2) is 6.61 Å². The molecule has 0 atom stereocenters. The topological polar surface area (TPSA) is 75.7 Å². The van der Waals surface area contributed by atoms with Crippen molar-refractivity contribution in [3.8, 4) is 0 Å². The molecule has 0 unspecified atom stereocenters. The quantitative estimate of drug-likeness (QED) is 0.841. The van der Waals surface area contributed by atoms with Crippen LogP contribution in [0.1, 0.15) is 10.4 Å². The molecule has 1 aliphatic rings. The molecule has 0 bridgehead atoms. The Morgan fingerprint density at radius 3 is 2.84 bits per heavy atom. The zero-order chi connectivity index (χ0) is 13.8. The summed E-state index contributed by atoms with van der Waals surface area (Å²) in [6, 6.07) is 5.73. The number of esters is 1. The minimum atomic E-state index is -0.657. The van der Waals surface area contributed by atoms with E-state index in [-0.39, 0.29) is 12.1 Å². The third-order valence-corrected chi connectivity index (χ3v) is 2.78. The van der Waals surface area contributed by atoms with Crippen molar-refractivity contribution in [3.05, 3.63) is 34.9 Å². The third-order valence-electron chi connectivity index (χ3n) is 2.54. The number of carbonyl (C=O) groups excluding carboxylic acids is 3. The number of ether oxygens (including phenoxy) is 1. The van der Waals surface area contributed by atoms with Gasteiger partial charge in [-0.3, -0.25) is 9.69 Å². The van der Waals surface area contributed by atoms with Gasteiger partial charge >= 0.3 is 12.0 Å². The van der Waals surface area contributed by atoms with E-state index >= 15 is 0 Å². The molecule has 0 aromatic heterocycles. The molecule has 1 saturated heterocycles. The van der Waals surface area contributed by atoms with Gasteiger partial charge in [0.2, 0.25) is 0 Å². The van der Waals surface area contributed by atoms with Crippen LogP contribution in [0.15, 0.2) is 24.3 Å². The normalized spacial score (nSPS) is 14.2.